The lowest BCUT2D eigenvalue weighted by molar-refractivity contribution is -0.159. The first-order valence-electron chi connectivity index (χ1n) is 5.48. The summed E-state index contributed by atoms with van der Waals surface area (Å²) in [6, 6.07) is 0. The number of amidine groups is 1. The average molecular weight is 253 g/mol. The van der Waals surface area contributed by atoms with Crippen molar-refractivity contribution >= 4 is 5.84 Å². The van der Waals surface area contributed by atoms with Gasteiger partial charge < -0.3 is 15.8 Å². The Balaban J connectivity index is 2.54. The van der Waals surface area contributed by atoms with E-state index in [0.717, 1.165) is 6.42 Å². The number of nitrogens with two attached hydrogens (primary N) is 1. The van der Waals surface area contributed by atoms with Gasteiger partial charge in [0.1, 0.15) is 5.92 Å². The normalized spacial score (nSPS) is 27.3. The van der Waals surface area contributed by atoms with Crippen molar-refractivity contribution in [3.8, 4) is 0 Å². The fourth-order valence-corrected chi connectivity index (χ4v) is 1.87. The summed E-state index contributed by atoms with van der Waals surface area (Å²) in [6.07, 6.45) is -3.43. The maximum atomic E-state index is 12.6. The van der Waals surface area contributed by atoms with Crippen molar-refractivity contribution in [3.63, 3.8) is 0 Å². The fourth-order valence-electron chi connectivity index (χ4n) is 1.87. The molecule has 1 aliphatic carbocycles. The van der Waals surface area contributed by atoms with Gasteiger partial charge in [-0.3, -0.25) is 0 Å². The van der Waals surface area contributed by atoms with Gasteiger partial charge in [-0.15, -0.1) is 0 Å². The van der Waals surface area contributed by atoms with Crippen molar-refractivity contribution in [2.45, 2.75) is 19.5 Å². The summed E-state index contributed by atoms with van der Waals surface area (Å²) in [6.45, 7) is 2.42. The van der Waals surface area contributed by atoms with Gasteiger partial charge in [0.25, 0.3) is 0 Å². The molecule has 1 saturated carbocycles. The van der Waals surface area contributed by atoms with Crippen molar-refractivity contribution < 1.29 is 18.4 Å². The summed E-state index contributed by atoms with van der Waals surface area (Å²) in [4.78, 5) is 1.59. The minimum Gasteiger partial charge on any atom is -0.409 e. The van der Waals surface area contributed by atoms with E-state index in [9.17, 15) is 13.2 Å². The molecule has 4 nitrogen and oxygen atoms in total. The number of rotatable bonds is 5. The van der Waals surface area contributed by atoms with Crippen molar-refractivity contribution in [1.29, 1.82) is 0 Å². The lowest BCUT2D eigenvalue weighted by Crippen LogP contribution is -2.43. The van der Waals surface area contributed by atoms with Gasteiger partial charge in [0.05, 0.1) is 0 Å². The number of hydrogen-bond acceptors (Lipinski definition) is 3. The molecule has 0 radical (unpaired) electrons. The number of oxime groups is 1. The van der Waals surface area contributed by atoms with Crippen molar-refractivity contribution in [1.82, 2.24) is 4.90 Å². The van der Waals surface area contributed by atoms with Crippen LogP contribution < -0.4 is 5.73 Å². The molecule has 7 heteroatoms. The SMILES string of the molecule is CC1CC1CN(C)CC(C(N)=NO)C(F)(F)F. The molecule has 0 heterocycles. The van der Waals surface area contributed by atoms with Gasteiger partial charge in [0.2, 0.25) is 0 Å². The predicted octanol–water partition coefficient (Wildman–Crippen LogP) is 1.50. The summed E-state index contributed by atoms with van der Waals surface area (Å²) in [5, 5.41) is 10.8. The maximum absolute atomic E-state index is 12.6. The Kier molecular flexibility index (Phi) is 4.24. The zero-order chi connectivity index (χ0) is 13.2. The van der Waals surface area contributed by atoms with Crippen LogP contribution in [0.3, 0.4) is 0 Å². The summed E-state index contributed by atoms with van der Waals surface area (Å²) in [7, 11) is 1.62. The fraction of sp³-hybridized carbons (Fsp3) is 0.900. The van der Waals surface area contributed by atoms with Crippen LogP contribution in [0.15, 0.2) is 5.16 Å². The Hall–Kier alpha value is -0.980. The second-order valence-corrected chi connectivity index (χ2v) is 4.81. The van der Waals surface area contributed by atoms with Gasteiger partial charge in [-0.2, -0.15) is 13.2 Å². The van der Waals surface area contributed by atoms with Crippen LogP contribution in [0.2, 0.25) is 0 Å². The van der Waals surface area contributed by atoms with Crippen LogP contribution in [0.4, 0.5) is 13.2 Å². The van der Waals surface area contributed by atoms with Crippen molar-refractivity contribution in [2.75, 3.05) is 20.1 Å². The molecule has 0 saturated heterocycles. The molecule has 0 amide bonds. The van der Waals surface area contributed by atoms with Crippen LogP contribution in [0.5, 0.6) is 0 Å². The largest absolute Gasteiger partial charge is 0.409 e. The molecule has 3 unspecified atom stereocenters. The van der Waals surface area contributed by atoms with Gasteiger partial charge in [0.15, 0.2) is 5.84 Å². The highest BCUT2D eigenvalue weighted by Gasteiger charge is 2.44. The first-order valence-corrected chi connectivity index (χ1v) is 5.48. The molecular formula is C10H18F3N3O. The molecule has 0 spiro atoms. The van der Waals surface area contributed by atoms with Crippen LogP contribution >= 0.6 is 0 Å². The van der Waals surface area contributed by atoms with Gasteiger partial charge in [-0.25, -0.2) is 0 Å². The zero-order valence-corrected chi connectivity index (χ0v) is 9.91. The van der Waals surface area contributed by atoms with Crippen LogP contribution in [0, 0.1) is 17.8 Å². The third-order valence-corrected chi connectivity index (χ3v) is 3.18. The molecular weight excluding hydrogens is 235 g/mol. The number of hydrogen-bond donors (Lipinski definition) is 2. The van der Waals surface area contributed by atoms with E-state index >= 15 is 0 Å². The highest BCUT2D eigenvalue weighted by molar-refractivity contribution is 5.83. The Morgan fingerprint density at radius 2 is 2.12 bits per heavy atom. The van der Waals surface area contributed by atoms with Gasteiger partial charge in [0, 0.05) is 13.1 Å². The van der Waals surface area contributed by atoms with E-state index in [1.807, 2.05) is 0 Å². The third-order valence-electron chi connectivity index (χ3n) is 3.18. The van der Waals surface area contributed by atoms with E-state index in [1.165, 1.54) is 0 Å². The molecule has 0 aliphatic heterocycles. The Labute approximate surface area is 98.3 Å². The molecule has 1 fully saturated rings. The lowest BCUT2D eigenvalue weighted by Gasteiger charge is -2.25. The second-order valence-electron chi connectivity index (χ2n) is 4.81. The van der Waals surface area contributed by atoms with Crippen LogP contribution in [0.1, 0.15) is 13.3 Å². The Morgan fingerprint density at radius 1 is 1.59 bits per heavy atom. The average Bonchev–Trinajstić information content (AvgIpc) is 2.88. The maximum Gasteiger partial charge on any atom is 0.400 e. The minimum absolute atomic E-state index is 0.275. The lowest BCUT2D eigenvalue weighted by atomic mass is 10.1. The van der Waals surface area contributed by atoms with Crippen molar-refractivity contribution in [2.24, 2.45) is 28.6 Å². The molecule has 0 bridgehead atoms. The molecule has 3 atom stereocenters. The molecule has 1 rings (SSSR count). The topological polar surface area (TPSA) is 61.8 Å². The second kappa shape index (κ2) is 5.12. The molecule has 0 aromatic carbocycles. The highest BCUT2D eigenvalue weighted by atomic mass is 19.4. The predicted molar refractivity (Wildman–Crippen MR) is 57.7 cm³/mol. The number of alkyl halides is 3. The molecule has 100 valence electrons. The van der Waals surface area contributed by atoms with E-state index in [1.54, 1.807) is 11.9 Å². The van der Waals surface area contributed by atoms with E-state index in [4.69, 9.17) is 10.9 Å². The Morgan fingerprint density at radius 3 is 2.47 bits per heavy atom. The number of halogens is 3. The van der Waals surface area contributed by atoms with E-state index in [0.29, 0.717) is 18.4 Å². The summed E-state index contributed by atoms with van der Waals surface area (Å²) in [5.41, 5.74) is 5.08. The Bertz CT molecular complexity index is 293. The van der Waals surface area contributed by atoms with E-state index < -0.39 is 17.9 Å². The minimum atomic E-state index is -4.49. The molecule has 0 aromatic rings. The van der Waals surface area contributed by atoms with Gasteiger partial charge in [-0.05, 0) is 25.3 Å². The third kappa shape index (κ3) is 4.07. The summed E-state index contributed by atoms with van der Waals surface area (Å²) in [5.74, 6) is -1.63. The van der Waals surface area contributed by atoms with Gasteiger partial charge in [-0.1, -0.05) is 12.1 Å². The smallest absolute Gasteiger partial charge is 0.400 e. The summed E-state index contributed by atoms with van der Waals surface area (Å²) >= 11 is 0. The van der Waals surface area contributed by atoms with Crippen molar-refractivity contribution in [3.05, 3.63) is 0 Å². The monoisotopic (exact) mass is 253 g/mol. The van der Waals surface area contributed by atoms with Crippen LogP contribution in [-0.2, 0) is 0 Å². The molecule has 3 N–H and O–H groups in total. The standard InChI is InChI=1S/C10H18F3N3O/c1-6-3-7(6)4-16(2)5-8(9(14)15-17)10(11,12)13/h6-8,17H,3-5H2,1-2H3,(H2,14,15). The zero-order valence-electron chi connectivity index (χ0n) is 9.91. The molecule has 1 aliphatic rings. The van der Waals surface area contributed by atoms with E-state index in [2.05, 4.69) is 12.1 Å². The summed E-state index contributed by atoms with van der Waals surface area (Å²) < 4.78 is 37.9. The van der Waals surface area contributed by atoms with Gasteiger partial charge >= 0.3 is 6.18 Å². The highest BCUT2D eigenvalue weighted by Crippen LogP contribution is 2.38. The molecule has 17 heavy (non-hydrogen) atoms. The first kappa shape index (κ1) is 14.1. The van der Waals surface area contributed by atoms with Crippen LogP contribution in [0.25, 0.3) is 0 Å². The first-order chi connectivity index (χ1) is 7.75. The quantitative estimate of drug-likeness (QED) is 0.338. The van der Waals surface area contributed by atoms with E-state index in [-0.39, 0.29) is 6.54 Å². The molecule has 0 aromatic heterocycles. The number of nitrogens with zero attached hydrogens (tertiary/aromatic N) is 2. The van der Waals surface area contributed by atoms with Crippen LogP contribution in [-0.4, -0.2) is 42.3 Å².